The Hall–Kier alpha value is -2.15. The molecule has 8 atom stereocenters. The zero-order chi connectivity index (χ0) is 27.2. The molecule has 36 heavy (non-hydrogen) atoms. The monoisotopic (exact) mass is 530 g/mol. The molecule has 202 valence electrons. The molecule has 0 spiro atoms. The molecular weight excluding hydrogens is 496 g/mol. The van der Waals surface area contributed by atoms with Crippen molar-refractivity contribution in [2.24, 2.45) is 11.3 Å². The third-order valence-electron chi connectivity index (χ3n) is 6.86. The first-order valence-corrected chi connectivity index (χ1v) is 12.7. The molecule has 2 fully saturated rings. The number of aliphatic hydroxyl groups excluding tert-OH is 1. The van der Waals surface area contributed by atoms with Gasteiger partial charge in [0.2, 0.25) is 0 Å². The van der Waals surface area contributed by atoms with Gasteiger partial charge in [-0.2, -0.15) is 0 Å². The van der Waals surface area contributed by atoms with Crippen molar-refractivity contribution in [1.29, 1.82) is 0 Å². The maximum atomic E-state index is 12.8. The van der Waals surface area contributed by atoms with Gasteiger partial charge in [0.1, 0.15) is 24.4 Å². The van der Waals surface area contributed by atoms with Crippen LogP contribution in [0.4, 0.5) is 0 Å². The van der Waals surface area contributed by atoms with E-state index in [0.717, 1.165) is 0 Å². The van der Waals surface area contributed by atoms with Crippen LogP contribution >= 0.6 is 12.0 Å². The first-order valence-electron chi connectivity index (χ1n) is 11.9. The van der Waals surface area contributed by atoms with E-state index < -0.39 is 76.6 Å². The first-order chi connectivity index (χ1) is 16.7. The molecule has 3 aliphatic rings. The fourth-order valence-corrected chi connectivity index (χ4v) is 5.69. The fraction of sp³-hybridized carbons (Fsp3) is 0.750. The molecule has 3 rings (SSSR count). The molecular formula is C24H34O11S. The van der Waals surface area contributed by atoms with Crippen LogP contribution in [0.3, 0.4) is 0 Å². The van der Waals surface area contributed by atoms with Crippen LogP contribution in [-0.4, -0.2) is 80.0 Å². The van der Waals surface area contributed by atoms with E-state index in [-0.39, 0.29) is 36.0 Å². The third kappa shape index (κ3) is 4.88. The number of carbonyl (C=O) groups excluding carboxylic acids is 4. The molecule has 0 aromatic rings. The normalized spacial score (nSPS) is 35.9. The van der Waals surface area contributed by atoms with Crippen LogP contribution in [0.15, 0.2) is 11.1 Å². The number of rotatable bonds is 6. The fourth-order valence-electron chi connectivity index (χ4n) is 5.11. The van der Waals surface area contributed by atoms with Gasteiger partial charge in [0.05, 0.1) is 11.3 Å². The van der Waals surface area contributed by atoms with Crippen molar-refractivity contribution in [3.8, 4) is 0 Å². The minimum atomic E-state index is -2.26. The number of ether oxygens (including phenoxy) is 4. The summed E-state index contributed by atoms with van der Waals surface area (Å²) in [4.78, 5) is 50.1. The van der Waals surface area contributed by atoms with Crippen molar-refractivity contribution >= 4 is 35.9 Å². The Kier molecular flexibility index (Phi) is 8.14. The Balaban J connectivity index is 2.18. The summed E-state index contributed by atoms with van der Waals surface area (Å²) in [6, 6.07) is 0. The van der Waals surface area contributed by atoms with E-state index in [1.807, 2.05) is 0 Å². The molecule has 1 saturated carbocycles. The maximum Gasteiger partial charge on any atom is 0.325 e. The highest BCUT2D eigenvalue weighted by atomic mass is 32.2. The van der Waals surface area contributed by atoms with Crippen molar-refractivity contribution < 1.29 is 52.9 Å². The number of carbonyl (C=O) groups is 4. The second kappa shape index (κ2) is 10.3. The van der Waals surface area contributed by atoms with Crippen LogP contribution in [0.5, 0.6) is 0 Å². The highest BCUT2D eigenvalue weighted by molar-refractivity contribution is 7.95. The Morgan fingerprint density at radius 2 is 1.83 bits per heavy atom. The topological polar surface area (TPSA) is 166 Å². The quantitative estimate of drug-likeness (QED) is 0.196. The molecule has 1 saturated heterocycles. The standard InChI is InChI=1S/C24H34O11S/c1-7-8-14(26)33-13-9-12(32-11(3)25)16-15(19-24(13,30)20(36-31)21(28)35-19)10(2)17(27)18(16)34-22(29)23(4,5)6/h12-13,16-20,27,30-31H,7-9H2,1-6H3/t12?,13-,16?,17-,18?,19?,20?,24?/m0/s1. The van der Waals surface area contributed by atoms with Crippen LogP contribution in [0.1, 0.15) is 60.8 Å². The molecule has 12 heteroatoms. The van der Waals surface area contributed by atoms with Gasteiger partial charge in [0, 0.05) is 31.8 Å². The number of hydrogen-bond donors (Lipinski definition) is 3. The summed E-state index contributed by atoms with van der Waals surface area (Å²) in [6.45, 7) is 9.37. The lowest BCUT2D eigenvalue weighted by Gasteiger charge is -2.36. The van der Waals surface area contributed by atoms with E-state index in [1.54, 1.807) is 27.7 Å². The van der Waals surface area contributed by atoms with Gasteiger partial charge in [-0.05, 0) is 45.3 Å². The zero-order valence-electron chi connectivity index (χ0n) is 21.2. The van der Waals surface area contributed by atoms with E-state index in [1.165, 1.54) is 13.8 Å². The number of hydrogen-bond acceptors (Lipinski definition) is 12. The number of aliphatic hydroxyl groups is 2. The Bertz CT molecular complexity index is 954. The number of fused-ring (bicyclic) bond motifs is 3. The van der Waals surface area contributed by atoms with Gasteiger partial charge >= 0.3 is 23.9 Å². The minimum Gasteiger partial charge on any atom is -0.462 e. The van der Waals surface area contributed by atoms with Crippen LogP contribution in [0, 0.1) is 11.3 Å². The van der Waals surface area contributed by atoms with Gasteiger partial charge in [-0.25, -0.2) is 0 Å². The lowest BCUT2D eigenvalue weighted by atomic mass is 9.83. The van der Waals surface area contributed by atoms with Crippen LogP contribution in [-0.2, 0) is 38.1 Å². The molecule has 11 nitrogen and oxygen atoms in total. The van der Waals surface area contributed by atoms with Crippen molar-refractivity contribution in [3.05, 3.63) is 11.1 Å². The lowest BCUT2D eigenvalue weighted by molar-refractivity contribution is -0.177. The smallest absolute Gasteiger partial charge is 0.325 e. The Morgan fingerprint density at radius 3 is 2.36 bits per heavy atom. The third-order valence-corrected chi connectivity index (χ3v) is 7.64. The van der Waals surface area contributed by atoms with Gasteiger partial charge in [0.25, 0.3) is 0 Å². The molecule has 0 amide bonds. The SMILES string of the molecule is CCCC(=O)O[C@H]1CC(OC(C)=O)C2C(=C(C)[C@H](O)C2OC(=O)C(C)(C)C)C2OC(=O)C(SO)C21O. The molecule has 0 aromatic carbocycles. The van der Waals surface area contributed by atoms with Crippen LogP contribution < -0.4 is 0 Å². The summed E-state index contributed by atoms with van der Waals surface area (Å²) in [7, 11) is 0. The average molecular weight is 531 g/mol. The lowest BCUT2D eigenvalue weighted by Crippen LogP contribution is -2.57. The van der Waals surface area contributed by atoms with Crippen molar-refractivity contribution in [1.82, 2.24) is 0 Å². The summed E-state index contributed by atoms with van der Waals surface area (Å²) in [5.74, 6) is -3.94. The predicted octanol–water partition coefficient (Wildman–Crippen LogP) is 1.53. The molecule has 0 bridgehead atoms. The van der Waals surface area contributed by atoms with Crippen molar-refractivity contribution in [2.45, 2.75) is 102 Å². The second-order valence-corrected chi connectivity index (χ2v) is 11.2. The second-order valence-electron chi connectivity index (χ2n) is 10.5. The van der Waals surface area contributed by atoms with E-state index >= 15 is 0 Å². The van der Waals surface area contributed by atoms with Crippen LogP contribution in [0.25, 0.3) is 0 Å². The maximum absolute atomic E-state index is 12.8. The van der Waals surface area contributed by atoms with Gasteiger partial charge < -0.3 is 33.7 Å². The largest absolute Gasteiger partial charge is 0.462 e. The summed E-state index contributed by atoms with van der Waals surface area (Å²) < 4.78 is 32.3. The molecule has 3 N–H and O–H groups in total. The molecule has 6 unspecified atom stereocenters. The van der Waals surface area contributed by atoms with E-state index in [0.29, 0.717) is 6.42 Å². The average Bonchev–Trinajstić information content (AvgIpc) is 3.12. The van der Waals surface area contributed by atoms with Gasteiger partial charge in [-0.1, -0.05) is 6.92 Å². The molecule has 1 aliphatic heterocycles. The van der Waals surface area contributed by atoms with Crippen molar-refractivity contribution in [2.75, 3.05) is 0 Å². The number of esters is 4. The Morgan fingerprint density at radius 1 is 1.19 bits per heavy atom. The van der Waals surface area contributed by atoms with Gasteiger partial charge in [-0.3, -0.25) is 19.2 Å². The van der Waals surface area contributed by atoms with Gasteiger partial charge in [-0.15, -0.1) is 0 Å². The van der Waals surface area contributed by atoms with E-state index in [9.17, 15) is 33.9 Å². The van der Waals surface area contributed by atoms with E-state index in [2.05, 4.69) is 0 Å². The molecule has 1 heterocycles. The first kappa shape index (κ1) is 28.4. The van der Waals surface area contributed by atoms with Crippen LogP contribution in [0.2, 0.25) is 0 Å². The molecule has 2 aliphatic carbocycles. The van der Waals surface area contributed by atoms with Gasteiger partial charge in [0.15, 0.2) is 17.0 Å². The predicted molar refractivity (Wildman–Crippen MR) is 125 cm³/mol. The summed E-state index contributed by atoms with van der Waals surface area (Å²) in [6.07, 6.45) is -6.42. The summed E-state index contributed by atoms with van der Waals surface area (Å²) >= 11 is 0.0506. The minimum absolute atomic E-state index is 0.0247. The Labute approximate surface area is 213 Å². The summed E-state index contributed by atoms with van der Waals surface area (Å²) in [5.41, 5.74) is -2.73. The zero-order valence-corrected chi connectivity index (χ0v) is 22.0. The van der Waals surface area contributed by atoms with E-state index in [4.69, 9.17) is 18.9 Å². The highest BCUT2D eigenvalue weighted by Crippen LogP contribution is 2.53. The highest BCUT2D eigenvalue weighted by Gasteiger charge is 2.69. The van der Waals surface area contributed by atoms with Crippen molar-refractivity contribution in [3.63, 3.8) is 0 Å². The summed E-state index contributed by atoms with van der Waals surface area (Å²) in [5, 5.41) is 21.5. The molecule has 0 aromatic heterocycles. The molecule has 0 radical (unpaired) electrons.